The maximum absolute atomic E-state index is 12.4. The summed E-state index contributed by atoms with van der Waals surface area (Å²) in [6.07, 6.45) is 6.11. The van der Waals surface area contributed by atoms with Crippen LogP contribution in [0.15, 0.2) is 46.3 Å². The Morgan fingerprint density at radius 3 is 2.77 bits per heavy atom. The minimum absolute atomic E-state index is 0.0125. The topological polar surface area (TPSA) is 87.2 Å². The van der Waals surface area contributed by atoms with Crippen molar-refractivity contribution in [2.75, 3.05) is 35.3 Å². The molecule has 0 bridgehead atoms. The highest BCUT2D eigenvalue weighted by molar-refractivity contribution is 8.00. The zero-order valence-corrected chi connectivity index (χ0v) is 19.2. The molecule has 2 N–H and O–H groups in total. The van der Waals surface area contributed by atoms with Gasteiger partial charge in [0.25, 0.3) is 0 Å². The molecule has 0 radical (unpaired) electrons. The van der Waals surface area contributed by atoms with E-state index in [-0.39, 0.29) is 23.5 Å². The number of rotatable bonds is 8. The second-order valence-electron chi connectivity index (χ2n) is 7.87. The van der Waals surface area contributed by atoms with Crippen LogP contribution in [0.5, 0.6) is 0 Å². The molecule has 0 unspecified atom stereocenters. The molecule has 1 aliphatic carbocycles. The summed E-state index contributed by atoms with van der Waals surface area (Å²) in [5, 5.41) is 15.4. The van der Waals surface area contributed by atoms with E-state index in [1.165, 1.54) is 11.8 Å². The maximum Gasteiger partial charge on any atom is 0.234 e. The van der Waals surface area contributed by atoms with Gasteiger partial charge in [-0.25, -0.2) is 0 Å². The predicted octanol–water partition coefficient (Wildman–Crippen LogP) is 3.42. The number of carbonyl (C=O) groups excluding carboxylic acids is 2. The number of aromatic nitrogens is 2. The van der Waals surface area contributed by atoms with E-state index in [0.29, 0.717) is 17.6 Å². The van der Waals surface area contributed by atoms with Gasteiger partial charge in [0.2, 0.25) is 11.8 Å². The third kappa shape index (κ3) is 6.36. The van der Waals surface area contributed by atoms with Gasteiger partial charge in [-0.1, -0.05) is 17.8 Å². The lowest BCUT2D eigenvalue weighted by Gasteiger charge is -2.32. The molecule has 0 spiro atoms. The number of carbonyl (C=O) groups is 2. The largest absolute Gasteiger partial charge is 0.354 e. The molecule has 164 valence electrons. The number of hydrogen-bond donors (Lipinski definition) is 2. The fraction of sp³-hybridized carbons (Fsp3) is 0.455. The van der Waals surface area contributed by atoms with Gasteiger partial charge in [-0.15, -0.1) is 22.0 Å². The van der Waals surface area contributed by atoms with E-state index in [4.69, 9.17) is 0 Å². The molecule has 1 saturated carbocycles. The molecule has 4 rings (SSSR count). The zero-order valence-electron chi connectivity index (χ0n) is 17.5. The number of nitrogens with zero attached hydrogens (tertiary/aromatic N) is 3. The Bertz CT molecular complexity index is 920. The smallest absolute Gasteiger partial charge is 0.234 e. The lowest BCUT2D eigenvalue weighted by atomic mass is 9.97. The van der Waals surface area contributed by atoms with Crippen LogP contribution in [0, 0.1) is 5.92 Å². The van der Waals surface area contributed by atoms with Crippen LogP contribution in [-0.4, -0.2) is 53.2 Å². The molecule has 2 aliphatic rings. The number of thioether (sulfide) groups is 2. The zero-order chi connectivity index (χ0) is 21.6. The molecule has 1 aliphatic heterocycles. The Morgan fingerprint density at radius 2 is 2.03 bits per heavy atom. The van der Waals surface area contributed by atoms with Crippen molar-refractivity contribution >= 4 is 46.8 Å². The second-order valence-corrected chi connectivity index (χ2v) is 9.74. The average Bonchev–Trinajstić information content (AvgIpc) is 3.62. The molecule has 2 amide bonds. The van der Waals surface area contributed by atoms with Crippen LogP contribution in [0.3, 0.4) is 0 Å². The number of anilines is 2. The van der Waals surface area contributed by atoms with E-state index >= 15 is 0 Å². The van der Waals surface area contributed by atoms with Crippen LogP contribution in [0.25, 0.3) is 0 Å². The first kappa shape index (κ1) is 22.0. The highest BCUT2D eigenvalue weighted by atomic mass is 32.2. The minimum atomic E-state index is -0.0744. The maximum atomic E-state index is 12.4. The van der Waals surface area contributed by atoms with Crippen molar-refractivity contribution < 1.29 is 9.59 Å². The monoisotopic (exact) mass is 457 g/mol. The standard InChI is InChI=1S/C22H27N5O2S2/c1-30-18-6-2-5-17(12-18)23-20(28)14-31-21-10-9-19(25-26-21)27-11-3-4-15(13-27)22(29)24-16-7-8-16/h2,5-6,9-10,12,15-16H,3-4,7-8,11,13-14H2,1H3,(H,23,28)(H,24,29)/t15-/m0/s1. The van der Waals surface area contributed by atoms with Gasteiger partial charge in [0.15, 0.2) is 5.82 Å². The number of piperidine rings is 1. The van der Waals surface area contributed by atoms with Gasteiger partial charge in [0.1, 0.15) is 5.03 Å². The molecular weight excluding hydrogens is 430 g/mol. The Hall–Kier alpha value is -2.26. The van der Waals surface area contributed by atoms with Crippen LogP contribution >= 0.6 is 23.5 Å². The van der Waals surface area contributed by atoms with Gasteiger partial charge in [-0.2, -0.15) is 0 Å². The molecule has 1 atom stereocenters. The summed E-state index contributed by atoms with van der Waals surface area (Å²) in [7, 11) is 0. The van der Waals surface area contributed by atoms with Crippen molar-refractivity contribution in [3.8, 4) is 0 Å². The molecule has 9 heteroatoms. The summed E-state index contributed by atoms with van der Waals surface area (Å²) in [5.41, 5.74) is 0.796. The third-order valence-corrected chi connectivity index (χ3v) is 7.02. The van der Waals surface area contributed by atoms with Crippen LogP contribution in [-0.2, 0) is 9.59 Å². The Balaban J connectivity index is 1.26. The van der Waals surface area contributed by atoms with E-state index in [1.54, 1.807) is 11.8 Å². The lowest BCUT2D eigenvalue weighted by molar-refractivity contribution is -0.125. The number of benzene rings is 1. The van der Waals surface area contributed by atoms with Crippen molar-refractivity contribution in [2.24, 2.45) is 5.92 Å². The molecule has 31 heavy (non-hydrogen) atoms. The van der Waals surface area contributed by atoms with Crippen molar-refractivity contribution in [3.05, 3.63) is 36.4 Å². The van der Waals surface area contributed by atoms with Crippen molar-refractivity contribution in [2.45, 2.75) is 41.6 Å². The molecular formula is C22H27N5O2S2. The molecule has 1 aromatic carbocycles. The number of amides is 2. The Morgan fingerprint density at radius 1 is 1.16 bits per heavy atom. The highest BCUT2D eigenvalue weighted by Crippen LogP contribution is 2.25. The summed E-state index contributed by atoms with van der Waals surface area (Å²) in [5.74, 6) is 1.16. The lowest BCUT2D eigenvalue weighted by Crippen LogP contribution is -2.44. The van der Waals surface area contributed by atoms with Gasteiger partial charge in [0, 0.05) is 29.7 Å². The summed E-state index contributed by atoms with van der Waals surface area (Å²) in [6, 6.07) is 12.0. The van der Waals surface area contributed by atoms with E-state index in [1.807, 2.05) is 42.7 Å². The van der Waals surface area contributed by atoms with Gasteiger partial charge in [0.05, 0.1) is 11.7 Å². The van der Waals surface area contributed by atoms with E-state index in [0.717, 1.165) is 48.6 Å². The van der Waals surface area contributed by atoms with Crippen molar-refractivity contribution in [1.29, 1.82) is 0 Å². The van der Waals surface area contributed by atoms with Crippen LogP contribution in [0.4, 0.5) is 11.5 Å². The van der Waals surface area contributed by atoms with Crippen LogP contribution in [0.1, 0.15) is 25.7 Å². The second kappa shape index (κ2) is 10.4. The molecule has 2 heterocycles. The molecule has 7 nitrogen and oxygen atoms in total. The van der Waals surface area contributed by atoms with Gasteiger partial charge in [-0.3, -0.25) is 9.59 Å². The van der Waals surface area contributed by atoms with Crippen LogP contribution in [0.2, 0.25) is 0 Å². The third-order valence-electron chi connectivity index (χ3n) is 5.37. The summed E-state index contributed by atoms with van der Waals surface area (Å²) in [4.78, 5) is 27.9. The van der Waals surface area contributed by atoms with E-state index < -0.39 is 0 Å². The van der Waals surface area contributed by atoms with E-state index in [9.17, 15) is 9.59 Å². The van der Waals surface area contributed by atoms with Crippen LogP contribution < -0.4 is 15.5 Å². The summed E-state index contributed by atoms with van der Waals surface area (Å²) >= 11 is 3.00. The highest BCUT2D eigenvalue weighted by Gasteiger charge is 2.30. The molecule has 1 aromatic heterocycles. The first-order valence-corrected chi connectivity index (χ1v) is 12.8. The summed E-state index contributed by atoms with van der Waals surface area (Å²) in [6.45, 7) is 1.56. The normalized spacial score (nSPS) is 18.5. The van der Waals surface area contributed by atoms with Gasteiger partial charge < -0.3 is 15.5 Å². The Labute approximate surface area is 191 Å². The van der Waals surface area contributed by atoms with Gasteiger partial charge >= 0.3 is 0 Å². The quantitative estimate of drug-likeness (QED) is 0.587. The predicted molar refractivity (Wildman–Crippen MR) is 126 cm³/mol. The fourth-order valence-electron chi connectivity index (χ4n) is 3.54. The summed E-state index contributed by atoms with van der Waals surface area (Å²) < 4.78 is 0. The van der Waals surface area contributed by atoms with Crippen molar-refractivity contribution in [3.63, 3.8) is 0 Å². The molecule has 2 fully saturated rings. The SMILES string of the molecule is CSc1cccc(NC(=O)CSc2ccc(N3CCC[C@H](C(=O)NC4CC4)C3)nn2)c1. The molecule has 2 aromatic rings. The number of hydrogen-bond acceptors (Lipinski definition) is 7. The average molecular weight is 458 g/mol. The molecule has 1 saturated heterocycles. The van der Waals surface area contributed by atoms with Crippen molar-refractivity contribution in [1.82, 2.24) is 15.5 Å². The van der Waals surface area contributed by atoms with Gasteiger partial charge in [-0.05, 0) is 62.3 Å². The Kier molecular flexibility index (Phi) is 7.34. The first-order valence-electron chi connectivity index (χ1n) is 10.6. The number of nitrogens with one attached hydrogen (secondary N) is 2. The minimum Gasteiger partial charge on any atom is -0.354 e. The van der Waals surface area contributed by atoms with E-state index in [2.05, 4.69) is 25.7 Å². The fourth-order valence-corrected chi connectivity index (χ4v) is 4.62. The first-order chi connectivity index (χ1) is 15.1.